The van der Waals surface area contributed by atoms with Crippen LogP contribution in [0.5, 0.6) is 0 Å². The molecule has 6 nitrogen and oxygen atoms in total. The molecule has 0 atom stereocenters. The van der Waals surface area contributed by atoms with E-state index < -0.39 is 0 Å². The van der Waals surface area contributed by atoms with Crippen molar-refractivity contribution in [1.82, 2.24) is 18.3 Å². The van der Waals surface area contributed by atoms with Crippen LogP contribution in [0.1, 0.15) is 11.1 Å². The number of benzene rings is 11. The number of thiophene rings is 2. The van der Waals surface area contributed by atoms with E-state index in [-0.39, 0.29) is 0 Å². The number of para-hydroxylation sites is 4. The van der Waals surface area contributed by atoms with Crippen LogP contribution >= 0.6 is 22.7 Å². The zero-order chi connectivity index (χ0) is 49.9. The average molecular weight is 1000 g/mol. The van der Waals surface area contributed by atoms with Crippen molar-refractivity contribution in [3.05, 3.63) is 230 Å². The SMILES string of the molecule is N#Cc1cc(-n2c3cc(-n4c5ccccc5c5ccccc54)ccc3c3cc4c(cc32)sc2ccccc24)c(C#N)cc1-n1c2cc(-n3c4ccccc4c4ccccc43)ccc2c2cc3c(cc21)sc1ccccc13. The molecule has 0 unspecified atom stereocenters. The Hall–Kier alpha value is -9.96. The molecule has 0 aliphatic rings. The fourth-order valence-corrected chi connectivity index (χ4v) is 15.0. The van der Waals surface area contributed by atoms with E-state index in [0.29, 0.717) is 22.5 Å². The van der Waals surface area contributed by atoms with Crippen molar-refractivity contribution in [1.29, 1.82) is 10.5 Å². The van der Waals surface area contributed by atoms with E-state index in [4.69, 9.17) is 0 Å². The first-order valence-corrected chi connectivity index (χ1v) is 27.0. The monoisotopic (exact) mass is 1000 g/mol. The standard InChI is InChI=1S/C68H36N6S2/c69-37-39-30-60(74-62-32-42(72-57-21-9-3-15-45(57)46-16-4-10-22-58(46)72)26-28-48(62)52-34-54-50-18-6-12-24-66(50)76-68(54)36-64(52)74)40(38-70)29-59(39)73-61-31-41(71-55-19-7-1-13-43(55)44-14-2-8-20-56(44)71)25-27-47(61)51-33-53-49-17-5-11-23-65(49)75-67(53)35-63(51)73/h1-36H. The zero-order valence-corrected chi connectivity index (χ0v) is 41.9. The molecular formula is C68H36N6S2. The van der Waals surface area contributed by atoms with Crippen molar-refractivity contribution >= 4 is 150 Å². The molecule has 0 fully saturated rings. The summed E-state index contributed by atoms with van der Waals surface area (Å²) in [7, 11) is 0. The van der Waals surface area contributed by atoms with Crippen LogP contribution in [0.2, 0.25) is 0 Å². The van der Waals surface area contributed by atoms with E-state index >= 15 is 0 Å². The van der Waals surface area contributed by atoms with Gasteiger partial charge in [-0.25, -0.2) is 0 Å². The van der Waals surface area contributed by atoms with E-state index in [1.807, 2.05) is 12.1 Å². The molecule has 0 aliphatic carbocycles. The minimum Gasteiger partial charge on any atom is -0.309 e. The summed E-state index contributed by atoms with van der Waals surface area (Å²) in [6, 6.07) is 83.5. The van der Waals surface area contributed by atoms with Crippen LogP contribution in [0.15, 0.2) is 218 Å². The molecule has 0 radical (unpaired) electrons. The Morgan fingerprint density at radius 3 is 0.961 bits per heavy atom. The lowest BCUT2D eigenvalue weighted by molar-refractivity contribution is 1.12. The van der Waals surface area contributed by atoms with Gasteiger partial charge in [0, 0.05) is 94.8 Å². The highest BCUT2D eigenvalue weighted by Crippen LogP contribution is 2.46. The third kappa shape index (κ3) is 5.56. The Labute approximate surface area is 440 Å². The van der Waals surface area contributed by atoms with Crippen LogP contribution in [-0.4, -0.2) is 18.3 Å². The second-order valence-electron chi connectivity index (χ2n) is 19.9. The summed E-state index contributed by atoms with van der Waals surface area (Å²) >= 11 is 3.56. The van der Waals surface area contributed by atoms with E-state index in [9.17, 15) is 10.5 Å². The van der Waals surface area contributed by atoms with Crippen LogP contribution < -0.4 is 0 Å². The summed E-state index contributed by atoms with van der Waals surface area (Å²) in [6.07, 6.45) is 0. The highest BCUT2D eigenvalue weighted by molar-refractivity contribution is 7.26. The van der Waals surface area contributed by atoms with Gasteiger partial charge in [-0.1, -0.05) is 121 Å². The van der Waals surface area contributed by atoms with Gasteiger partial charge in [0.25, 0.3) is 0 Å². The minimum absolute atomic E-state index is 0.461. The Balaban J connectivity index is 0.964. The molecule has 6 heterocycles. The van der Waals surface area contributed by atoms with Crippen LogP contribution in [0.25, 0.3) is 150 Å². The van der Waals surface area contributed by atoms with Crippen LogP contribution in [0.3, 0.4) is 0 Å². The second kappa shape index (κ2) is 15.3. The number of aromatic nitrogens is 4. The van der Waals surface area contributed by atoms with Gasteiger partial charge in [0.1, 0.15) is 12.1 Å². The molecule has 0 spiro atoms. The number of hydrogen-bond donors (Lipinski definition) is 0. The minimum atomic E-state index is 0.461. The molecule has 6 aromatic heterocycles. The lowest BCUT2D eigenvalue weighted by Gasteiger charge is -2.16. The highest BCUT2D eigenvalue weighted by atomic mass is 32.1. The van der Waals surface area contributed by atoms with E-state index in [1.165, 1.54) is 52.5 Å². The van der Waals surface area contributed by atoms with Crippen LogP contribution in [0.4, 0.5) is 0 Å². The van der Waals surface area contributed by atoms with Gasteiger partial charge in [-0.05, 0) is 97.1 Å². The summed E-state index contributed by atoms with van der Waals surface area (Å²) in [4.78, 5) is 0. The number of nitrogens with zero attached hydrogens (tertiary/aromatic N) is 6. The third-order valence-electron chi connectivity index (χ3n) is 16.0. The molecule has 76 heavy (non-hydrogen) atoms. The van der Waals surface area contributed by atoms with Crippen molar-refractivity contribution < 1.29 is 0 Å². The third-order valence-corrected chi connectivity index (χ3v) is 18.3. The molecular weight excluding hydrogens is 965 g/mol. The number of hydrogen-bond acceptors (Lipinski definition) is 4. The molecule has 17 rings (SSSR count). The molecule has 8 heteroatoms. The maximum Gasteiger partial charge on any atom is 0.101 e. The normalized spacial score (nSPS) is 12.2. The van der Waals surface area contributed by atoms with Crippen molar-refractivity contribution in [2.24, 2.45) is 0 Å². The zero-order valence-electron chi connectivity index (χ0n) is 40.3. The van der Waals surface area contributed by atoms with Gasteiger partial charge in [0.15, 0.2) is 0 Å². The van der Waals surface area contributed by atoms with Gasteiger partial charge in [-0.3, -0.25) is 0 Å². The van der Waals surface area contributed by atoms with E-state index in [0.717, 1.165) is 86.5 Å². The summed E-state index contributed by atoms with van der Waals surface area (Å²) in [5.74, 6) is 0. The fourth-order valence-electron chi connectivity index (χ4n) is 12.8. The van der Waals surface area contributed by atoms with Gasteiger partial charge in [0.2, 0.25) is 0 Å². The van der Waals surface area contributed by atoms with Crippen molar-refractivity contribution in [3.63, 3.8) is 0 Å². The van der Waals surface area contributed by atoms with Gasteiger partial charge in [-0.2, -0.15) is 10.5 Å². The quantitative estimate of drug-likeness (QED) is 0.176. The lowest BCUT2D eigenvalue weighted by Crippen LogP contribution is -2.04. The maximum absolute atomic E-state index is 11.6. The first-order chi connectivity index (χ1) is 37.6. The van der Waals surface area contributed by atoms with Crippen molar-refractivity contribution in [2.45, 2.75) is 0 Å². The van der Waals surface area contributed by atoms with Gasteiger partial charge >= 0.3 is 0 Å². The molecule has 17 aromatic rings. The molecule has 0 amide bonds. The fraction of sp³-hybridized carbons (Fsp3) is 0. The Morgan fingerprint density at radius 2 is 0.579 bits per heavy atom. The van der Waals surface area contributed by atoms with E-state index in [1.54, 1.807) is 22.7 Å². The smallest absolute Gasteiger partial charge is 0.101 e. The summed E-state index contributed by atoms with van der Waals surface area (Å²) in [6.45, 7) is 0. The average Bonchev–Trinajstić information content (AvgIpc) is 4.41. The second-order valence-corrected chi connectivity index (χ2v) is 22.0. The maximum atomic E-state index is 11.6. The largest absolute Gasteiger partial charge is 0.309 e. The molecule has 0 saturated carbocycles. The predicted molar refractivity (Wildman–Crippen MR) is 319 cm³/mol. The number of rotatable bonds is 4. The van der Waals surface area contributed by atoms with Crippen molar-refractivity contribution in [2.75, 3.05) is 0 Å². The lowest BCUT2D eigenvalue weighted by atomic mass is 10.1. The Bertz CT molecular complexity index is 5070. The number of fused-ring (bicyclic) bond motifs is 18. The first kappa shape index (κ1) is 41.5. The topological polar surface area (TPSA) is 67.3 Å². The Morgan fingerprint density at radius 1 is 0.250 bits per heavy atom. The predicted octanol–water partition coefficient (Wildman–Crippen LogP) is 18.6. The highest BCUT2D eigenvalue weighted by Gasteiger charge is 2.25. The molecule has 0 bridgehead atoms. The van der Waals surface area contributed by atoms with Gasteiger partial charge < -0.3 is 18.3 Å². The number of nitriles is 2. The summed E-state index contributed by atoms with van der Waals surface area (Å²) < 4.78 is 13.9. The summed E-state index contributed by atoms with van der Waals surface area (Å²) in [5, 5.41) is 37.1. The first-order valence-electron chi connectivity index (χ1n) is 25.4. The van der Waals surface area contributed by atoms with Crippen molar-refractivity contribution in [3.8, 4) is 34.9 Å². The van der Waals surface area contributed by atoms with Crippen LogP contribution in [0, 0.1) is 22.7 Å². The molecule has 350 valence electrons. The van der Waals surface area contributed by atoms with Crippen LogP contribution in [-0.2, 0) is 0 Å². The molecule has 11 aromatic carbocycles. The van der Waals surface area contributed by atoms with Gasteiger partial charge in [-0.15, -0.1) is 22.7 Å². The van der Waals surface area contributed by atoms with E-state index in [2.05, 4.69) is 237 Å². The summed E-state index contributed by atoms with van der Waals surface area (Å²) in [5.41, 5.74) is 12.6. The molecule has 0 N–H and O–H groups in total. The molecule has 0 saturated heterocycles. The molecule has 0 aliphatic heterocycles. The van der Waals surface area contributed by atoms with Gasteiger partial charge in [0.05, 0.1) is 66.6 Å². The Kier molecular flexibility index (Phi) is 8.36.